The van der Waals surface area contributed by atoms with Crippen molar-refractivity contribution in [1.82, 2.24) is 0 Å². The van der Waals surface area contributed by atoms with E-state index in [0.717, 1.165) is 11.6 Å². The molecule has 0 saturated carbocycles. The van der Waals surface area contributed by atoms with Gasteiger partial charge >= 0.3 is 12.2 Å². The number of ether oxygens (including phenoxy) is 1. The van der Waals surface area contributed by atoms with Crippen LogP contribution in [0.3, 0.4) is 0 Å². The van der Waals surface area contributed by atoms with Gasteiger partial charge in [-0.15, -0.1) is 0 Å². The first-order chi connectivity index (χ1) is 15.5. The lowest BCUT2D eigenvalue weighted by molar-refractivity contribution is -0.138. The summed E-state index contributed by atoms with van der Waals surface area (Å²) in [5.74, 6) is -0.305. The second kappa shape index (κ2) is 10.1. The van der Waals surface area contributed by atoms with Gasteiger partial charge in [0.2, 0.25) is 0 Å². The molecule has 0 atom stereocenters. The minimum Gasteiger partial charge on any atom is -0.467 e. The fraction of sp³-hybridized carbons (Fsp3) is 0.360. The van der Waals surface area contributed by atoms with E-state index in [2.05, 4.69) is 9.98 Å². The molecule has 0 saturated heterocycles. The normalized spacial score (nSPS) is 15.2. The van der Waals surface area contributed by atoms with Crippen LogP contribution in [0, 0.1) is 0 Å². The summed E-state index contributed by atoms with van der Waals surface area (Å²) in [6.07, 6.45) is -3.36. The highest BCUT2D eigenvalue weighted by molar-refractivity contribution is 6.32. The summed E-state index contributed by atoms with van der Waals surface area (Å²) in [6.45, 7) is 5.26. The number of aliphatic hydroxyl groups excluding tert-OH is 1. The van der Waals surface area contributed by atoms with Crippen LogP contribution >= 0.6 is 11.6 Å². The molecule has 33 heavy (non-hydrogen) atoms. The predicted molar refractivity (Wildman–Crippen MR) is 126 cm³/mol. The van der Waals surface area contributed by atoms with E-state index in [1.807, 2.05) is 6.92 Å². The highest BCUT2D eigenvalue weighted by Gasteiger charge is 2.34. The Morgan fingerprint density at radius 1 is 1.09 bits per heavy atom. The Morgan fingerprint density at radius 3 is 2.42 bits per heavy atom. The number of alkyl halides is 3. The van der Waals surface area contributed by atoms with Crippen LogP contribution in [0.15, 0.2) is 52.0 Å². The second-order valence-corrected chi connectivity index (χ2v) is 8.62. The molecule has 4 nitrogen and oxygen atoms in total. The number of aliphatic imine (C=N–C) groups is 2. The van der Waals surface area contributed by atoms with Crippen LogP contribution < -0.4 is 0 Å². The summed E-state index contributed by atoms with van der Waals surface area (Å²) in [6, 6.07) is 9.41. The number of amidine groups is 1. The number of methoxy groups -OCH3 is 1. The Morgan fingerprint density at radius 2 is 1.82 bits per heavy atom. The van der Waals surface area contributed by atoms with Crippen molar-refractivity contribution in [2.45, 2.75) is 52.3 Å². The van der Waals surface area contributed by atoms with Crippen LogP contribution in [-0.2, 0) is 17.5 Å². The fourth-order valence-corrected chi connectivity index (χ4v) is 3.94. The Labute approximate surface area is 196 Å². The summed E-state index contributed by atoms with van der Waals surface area (Å²) in [5, 5.41) is 9.98. The molecule has 1 N–H and O–H groups in total. The van der Waals surface area contributed by atoms with Crippen LogP contribution in [0.5, 0.6) is 0 Å². The molecule has 0 spiro atoms. The van der Waals surface area contributed by atoms with Gasteiger partial charge in [0.1, 0.15) is 0 Å². The standard InChI is InChI=1S/C25H26ClF3N2O2/c1-14(2)18-12-17(7-8-20(18)25(27,28)29)22-10-5-15(3)23(31-24(30-22)33-4)19-11-16(13-32)6-9-21(19)26/h6-9,11-12,14,32H,5,10,13H2,1-4H3. The molecular weight excluding hydrogens is 453 g/mol. The van der Waals surface area contributed by atoms with Crippen molar-refractivity contribution in [2.75, 3.05) is 7.11 Å². The molecule has 176 valence electrons. The van der Waals surface area contributed by atoms with Gasteiger partial charge in [0.25, 0.3) is 0 Å². The first kappa shape index (κ1) is 25.0. The van der Waals surface area contributed by atoms with Gasteiger partial charge in [-0.25, -0.2) is 0 Å². The average molecular weight is 479 g/mol. The molecule has 1 heterocycles. The van der Waals surface area contributed by atoms with Crippen molar-refractivity contribution in [3.05, 3.63) is 74.8 Å². The van der Waals surface area contributed by atoms with Gasteiger partial charge < -0.3 is 9.84 Å². The van der Waals surface area contributed by atoms with Gasteiger partial charge in [-0.05, 0) is 72.2 Å². The predicted octanol–water partition coefficient (Wildman–Crippen LogP) is 6.99. The molecule has 0 amide bonds. The summed E-state index contributed by atoms with van der Waals surface area (Å²) < 4.78 is 45.8. The van der Waals surface area contributed by atoms with Crippen LogP contribution in [0.25, 0.3) is 5.70 Å². The van der Waals surface area contributed by atoms with Crippen molar-refractivity contribution in [1.29, 1.82) is 0 Å². The van der Waals surface area contributed by atoms with Crippen LogP contribution in [0.4, 0.5) is 13.2 Å². The molecule has 1 aliphatic rings. The molecule has 2 aromatic rings. The second-order valence-electron chi connectivity index (χ2n) is 8.21. The largest absolute Gasteiger partial charge is 0.467 e. The minimum atomic E-state index is -4.42. The maximum absolute atomic E-state index is 13.5. The lowest BCUT2D eigenvalue weighted by Crippen LogP contribution is -2.14. The van der Waals surface area contributed by atoms with E-state index in [1.165, 1.54) is 13.2 Å². The number of rotatable bonds is 4. The number of benzene rings is 2. The van der Waals surface area contributed by atoms with Crippen molar-refractivity contribution >= 4 is 29.0 Å². The minimum absolute atomic E-state index is 0.0792. The third-order valence-corrected chi connectivity index (χ3v) is 5.87. The molecule has 0 bridgehead atoms. The van der Waals surface area contributed by atoms with E-state index in [1.54, 1.807) is 38.1 Å². The number of hydrogen-bond donors (Lipinski definition) is 1. The molecule has 3 rings (SSSR count). The van der Waals surface area contributed by atoms with Crippen LogP contribution in [0.2, 0.25) is 5.02 Å². The van der Waals surface area contributed by atoms with Crippen molar-refractivity contribution < 1.29 is 23.0 Å². The van der Waals surface area contributed by atoms with Gasteiger partial charge in [-0.2, -0.15) is 23.2 Å². The number of aliphatic hydroxyl groups is 1. The lowest BCUT2D eigenvalue weighted by Gasteiger charge is -2.19. The van der Waals surface area contributed by atoms with E-state index in [-0.39, 0.29) is 24.1 Å². The molecule has 0 radical (unpaired) electrons. The molecular formula is C25H26ClF3N2O2. The van der Waals surface area contributed by atoms with Crippen molar-refractivity contribution in [2.24, 2.45) is 9.98 Å². The Balaban J connectivity index is 2.09. The molecule has 0 aromatic heterocycles. The van der Waals surface area contributed by atoms with E-state index in [9.17, 15) is 18.3 Å². The lowest BCUT2D eigenvalue weighted by atomic mass is 9.91. The molecule has 0 fully saturated rings. The van der Waals surface area contributed by atoms with Gasteiger partial charge in [-0.1, -0.05) is 37.6 Å². The summed E-state index contributed by atoms with van der Waals surface area (Å²) in [4.78, 5) is 9.11. The monoisotopic (exact) mass is 478 g/mol. The third-order valence-electron chi connectivity index (χ3n) is 5.54. The fourth-order valence-electron chi connectivity index (χ4n) is 3.73. The maximum Gasteiger partial charge on any atom is 0.416 e. The zero-order valence-corrected chi connectivity index (χ0v) is 19.7. The van der Waals surface area contributed by atoms with Gasteiger partial charge in [0.15, 0.2) is 0 Å². The smallest absolute Gasteiger partial charge is 0.416 e. The Kier molecular flexibility index (Phi) is 7.65. The Bertz CT molecular complexity index is 1130. The number of nitrogens with zero attached hydrogens (tertiary/aromatic N) is 2. The highest BCUT2D eigenvalue weighted by atomic mass is 35.5. The average Bonchev–Trinajstić information content (AvgIpc) is 2.76. The van der Waals surface area contributed by atoms with Crippen molar-refractivity contribution in [3.63, 3.8) is 0 Å². The van der Waals surface area contributed by atoms with Gasteiger partial charge in [0.05, 0.1) is 30.7 Å². The first-order valence-corrected chi connectivity index (χ1v) is 10.9. The van der Waals surface area contributed by atoms with Crippen LogP contribution in [-0.4, -0.2) is 23.9 Å². The Hall–Kier alpha value is -2.64. The maximum atomic E-state index is 13.5. The molecule has 0 unspecified atom stereocenters. The third kappa shape index (κ3) is 5.65. The number of halogens is 4. The molecule has 2 aromatic carbocycles. The zero-order chi connectivity index (χ0) is 24.3. The summed E-state index contributed by atoms with van der Waals surface area (Å²) >= 11 is 6.41. The van der Waals surface area contributed by atoms with Crippen LogP contribution in [0.1, 0.15) is 67.3 Å². The molecule has 1 aliphatic heterocycles. The van der Waals surface area contributed by atoms with E-state index < -0.39 is 11.7 Å². The first-order valence-electron chi connectivity index (χ1n) is 10.6. The molecule has 0 aliphatic carbocycles. The van der Waals surface area contributed by atoms with Gasteiger partial charge in [-0.3, -0.25) is 0 Å². The zero-order valence-electron chi connectivity index (χ0n) is 18.9. The quantitative estimate of drug-likeness (QED) is 0.514. The van der Waals surface area contributed by atoms with Gasteiger partial charge in [0, 0.05) is 10.6 Å². The summed E-state index contributed by atoms with van der Waals surface area (Å²) in [5.41, 5.74) is 3.67. The van der Waals surface area contributed by atoms with E-state index >= 15 is 0 Å². The number of allylic oxidation sites excluding steroid dienone is 1. The number of hydrogen-bond acceptors (Lipinski definition) is 4. The summed E-state index contributed by atoms with van der Waals surface area (Å²) in [7, 11) is 1.44. The molecule has 8 heteroatoms. The SMILES string of the molecule is COC1=NC(c2cc(CO)ccc2Cl)=C(C)CCC(c2ccc(C(F)(F)F)c(C(C)C)c2)=N1. The van der Waals surface area contributed by atoms with E-state index in [4.69, 9.17) is 16.3 Å². The topological polar surface area (TPSA) is 54.2 Å². The highest BCUT2D eigenvalue weighted by Crippen LogP contribution is 2.37. The van der Waals surface area contributed by atoms with E-state index in [0.29, 0.717) is 46.0 Å². The van der Waals surface area contributed by atoms with Crippen molar-refractivity contribution in [3.8, 4) is 0 Å².